The highest BCUT2D eigenvalue weighted by molar-refractivity contribution is 5.20. The molecule has 0 unspecified atom stereocenters. The van der Waals surface area contributed by atoms with Crippen molar-refractivity contribution in [3.05, 3.63) is 35.4 Å². The summed E-state index contributed by atoms with van der Waals surface area (Å²) < 4.78 is 26.0. The smallest absolute Gasteiger partial charge is 0.159 e. The third kappa shape index (κ3) is 7.56. The number of benzene rings is 1. The molecule has 0 fully saturated rings. The van der Waals surface area contributed by atoms with Crippen molar-refractivity contribution in [1.29, 1.82) is 0 Å². The molecule has 0 aliphatic heterocycles. The summed E-state index contributed by atoms with van der Waals surface area (Å²) in [5, 5.41) is 3.37. The van der Waals surface area contributed by atoms with Gasteiger partial charge in [0, 0.05) is 6.04 Å². The second kappa shape index (κ2) is 10.7. The van der Waals surface area contributed by atoms with Gasteiger partial charge >= 0.3 is 0 Å². The molecule has 1 atom stereocenters. The van der Waals surface area contributed by atoms with Gasteiger partial charge in [0.1, 0.15) is 0 Å². The predicted octanol–water partition coefficient (Wildman–Crippen LogP) is 5.76. The fourth-order valence-electron chi connectivity index (χ4n) is 2.48. The van der Waals surface area contributed by atoms with Gasteiger partial charge in [0.25, 0.3) is 0 Å². The molecule has 0 saturated heterocycles. The molecule has 1 nitrogen and oxygen atoms in total. The van der Waals surface area contributed by atoms with E-state index in [1.165, 1.54) is 57.1 Å². The minimum Gasteiger partial charge on any atom is -0.310 e. The maximum atomic E-state index is 13.2. The maximum Gasteiger partial charge on any atom is 0.159 e. The molecule has 120 valence electrons. The van der Waals surface area contributed by atoms with Gasteiger partial charge in [-0.05, 0) is 37.6 Å². The van der Waals surface area contributed by atoms with Crippen LogP contribution < -0.4 is 5.32 Å². The van der Waals surface area contributed by atoms with Crippen LogP contribution in [0, 0.1) is 11.6 Å². The van der Waals surface area contributed by atoms with Crippen molar-refractivity contribution >= 4 is 0 Å². The molecule has 1 aromatic carbocycles. The van der Waals surface area contributed by atoms with Gasteiger partial charge in [0.15, 0.2) is 11.6 Å². The fourth-order valence-corrected chi connectivity index (χ4v) is 2.48. The van der Waals surface area contributed by atoms with E-state index in [0.29, 0.717) is 0 Å². The molecule has 0 bridgehead atoms. The molecule has 1 aromatic rings. The Labute approximate surface area is 128 Å². The highest BCUT2D eigenvalue weighted by atomic mass is 19.2. The van der Waals surface area contributed by atoms with Gasteiger partial charge in [-0.2, -0.15) is 0 Å². The summed E-state index contributed by atoms with van der Waals surface area (Å²) in [6.07, 6.45) is 10.4. The van der Waals surface area contributed by atoms with E-state index in [1.54, 1.807) is 6.07 Å². The van der Waals surface area contributed by atoms with Crippen LogP contribution >= 0.6 is 0 Å². The molecule has 21 heavy (non-hydrogen) atoms. The molecule has 0 aromatic heterocycles. The van der Waals surface area contributed by atoms with Crippen molar-refractivity contribution in [3.8, 4) is 0 Å². The zero-order chi connectivity index (χ0) is 15.5. The van der Waals surface area contributed by atoms with Gasteiger partial charge < -0.3 is 5.32 Å². The van der Waals surface area contributed by atoms with Crippen LogP contribution in [-0.4, -0.2) is 6.54 Å². The number of hydrogen-bond acceptors (Lipinski definition) is 1. The Morgan fingerprint density at radius 3 is 2.14 bits per heavy atom. The Morgan fingerprint density at radius 2 is 1.52 bits per heavy atom. The first-order valence-electron chi connectivity index (χ1n) is 8.33. The first-order valence-corrected chi connectivity index (χ1v) is 8.33. The summed E-state index contributed by atoms with van der Waals surface area (Å²) in [6.45, 7) is 5.15. The number of hydrogen-bond donors (Lipinski definition) is 1. The number of halogens is 2. The maximum absolute atomic E-state index is 13.2. The van der Waals surface area contributed by atoms with Crippen LogP contribution in [0.25, 0.3) is 0 Å². The molecule has 1 rings (SSSR count). The van der Waals surface area contributed by atoms with E-state index in [0.717, 1.165) is 18.5 Å². The van der Waals surface area contributed by atoms with E-state index in [4.69, 9.17) is 0 Å². The van der Waals surface area contributed by atoms with Gasteiger partial charge in [-0.1, -0.05) is 57.9 Å². The second-order valence-corrected chi connectivity index (χ2v) is 5.82. The summed E-state index contributed by atoms with van der Waals surface area (Å²) in [4.78, 5) is 0. The van der Waals surface area contributed by atoms with Crippen LogP contribution in [-0.2, 0) is 0 Å². The highest BCUT2D eigenvalue weighted by Gasteiger charge is 2.08. The van der Waals surface area contributed by atoms with E-state index >= 15 is 0 Å². The largest absolute Gasteiger partial charge is 0.310 e. The van der Waals surface area contributed by atoms with Crippen LogP contribution in [0.5, 0.6) is 0 Å². The molecular formula is C18H29F2N. The highest BCUT2D eigenvalue weighted by Crippen LogP contribution is 2.16. The Hall–Kier alpha value is -0.960. The molecule has 0 aliphatic carbocycles. The van der Waals surface area contributed by atoms with Crippen molar-refractivity contribution in [1.82, 2.24) is 5.32 Å². The fraction of sp³-hybridized carbons (Fsp3) is 0.667. The SMILES string of the molecule is CCCCCCCCCCN[C@@H](C)c1ccc(F)c(F)c1. The van der Waals surface area contributed by atoms with E-state index in [1.807, 2.05) is 6.92 Å². The minimum atomic E-state index is -0.783. The lowest BCUT2D eigenvalue weighted by atomic mass is 10.1. The number of nitrogens with one attached hydrogen (secondary N) is 1. The average molecular weight is 297 g/mol. The van der Waals surface area contributed by atoms with Gasteiger partial charge in [-0.3, -0.25) is 0 Å². The van der Waals surface area contributed by atoms with Crippen LogP contribution in [0.3, 0.4) is 0 Å². The van der Waals surface area contributed by atoms with Crippen molar-refractivity contribution in [2.75, 3.05) is 6.54 Å². The zero-order valence-electron chi connectivity index (χ0n) is 13.4. The van der Waals surface area contributed by atoms with Crippen LogP contribution in [0.4, 0.5) is 8.78 Å². The van der Waals surface area contributed by atoms with Gasteiger partial charge in [-0.15, -0.1) is 0 Å². The Kier molecular flexibility index (Phi) is 9.24. The predicted molar refractivity (Wildman–Crippen MR) is 85.4 cm³/mol. The quantitative estimate of drug-likeness (QED) is 0.512. The minimum absolute atomic E-state index is 0.0599. The lowest BCUT2D eigenvalue weighted by Crippen LogP contribution is -2.20. The molecule has 0 heterocycles. The van der Waals surface area contributed by atoms with Crippen LogP contribution in [0.2, 0.25) is 0 Å². The summed E-state index contributed by atoms with van der Waals surface area (Å²) in [5.74, 6) is -1.55. The van der Waals surface area contributed by atoms with Crippen molar-refractivity contribution in [2.24, 2.45) is 0 Å². The molecule has 0 amide bonds. The number of unbranched alkanes of at least 4 members (excludes halogenated alkanes) is 7. The molecule has 0 saturated carbocycles. The molecule has 0 aliphatic rings. The molecule has 0 radical (unpaired) electrons. The summed E-state index contributed by atoms with van der Waals surface area (Å²) in [6, 6.07) is 4.17. The van der Waals surface area contributed by atoms with Crippen molar-refractivity contribution < 1.29 is 8.78 Å². The Morgan fingerprint density at radius 1 is 0.905 bits per heavy atom. The lowest BCUT2D eigenvalue weighted by molar-refractivity contribution is 0.496. The molecule has 1 N–H and O–H groups in total. The first kappa shape index (κ1) is 18.1. The third-order valence-corrected chi connectivity index (χ3v) is 3.92. The second-order valence-electron chi connectivity index (χ2n) is 5.82. The lowest BCUT2D eigenvalue weighted by Gasteiger charge is -2.14. The van der Waals surface area contributed by atoms with Gasteiger partial charge in [0.05, 0.1) is 0 Å². The summed E-state index contributed by atoms with van der Waals surface area (Å²) >= 11 is 0. The molecular weight excluding hydrogens is 268 g/mol. The van der Waals surface area contributed by atoms with E-state index in [2.05, 4.69) is 12.2 Å². The van der Waals surface area contributed by atoms with E-state index < -0.39 is 11.6 Å². The number of rotatable bonds is 11. The van der Waals surface area contributed by atoms with Gasteiger partial charge in [-0.25, -0.2) is 8.78 Å². The zero-order valence-corrected chi connectivity index (χ0v) is 13.4. The van der Waals surface area contributed by atoms with Crippen molar-refractivity contribution in [3.63, 3.8) is 0 Å². The van der Waals surface area contributed by atoms with E-state index in [-0.39, 0.29) is 6.04 Å². The normalized spacial score (nSPS) is 12.6. The third-order valence-electron chi connectivity index (χ3n) is 3.92. The first-order chi connectivity index (χ1) is 10.1. The topological polar surface area (TPSA) is 12.0 Å². The average Bonchev–Trinajstić information content (AvgIpc) is 2.48. The van der Waals surface area contributed by atoms with E-state index in [9.17, 15) is 8.78 Å². The molecule has 3 heteroatoms. The Balaban J connectivity index is 2.08. The standard InChI is InChI=1S/C18H29F2N/c1-3-4-5-6-7-8-9-10-13-21-15(2)16-11-12-17(19)18(20)14-16/h11-12,14-15,21H,3-10,13H2,1-2H3/t15-/m0/s1. The summed E-state index contributed by atoms with van der Waals surface area (Å²) in [5.41, 5.74) is 0.800. The molecule has 0 spiro atoms. The Bertz CT molecular complexity index is 393. The summed E-state index contributed by atoms with van der Waals surface area (Å²) in [7, 11) is 0. The van der Waals surface area contributed by atoms with Crippen molar-refractivity contribution in [2.45, 2.75) is 71.3 Å². The van der Waals surface area contributed by atoms with Crippen LogP contribution in [0.15, 0.2) is 18.2 Å². The monoisotopic (exact) mass is 297 g/mol. The van der Waals surface area contributed by atoms with Gasteiger partial charge in [0.2, 0.25) is 0 Å². The van der Waals surface area contributed by atoms with Crippen LogP contribution in [0.1, 0.15) is 76.8 Å².